The van der Waals surface area contributed by atoms with Crippen molar-refractivity contribution in [1.29, 1.82) is 0 Å². The number of anilines is 1. The van der Waals surface area contributed by atoms with E-state index in [2.05, 4.69) is 33.9 Å². The molecule has 0 amide bonds. The minimum Gasteiger partial charge on any atom is -0.465 e. The van der Waals surface area contributed by atoms with Crippen molar-refractivity contribution < 1.29 is 23.3 Å². The number of nitrogens with two attached hydrogens (primary N) is 1. The van der Waals surface area contributed by atoms with Gasteiger partial charge in [-0.2, -0.15) is 0 Å². The van der Waals surface area contributed by atoms with Gasteiger partial charge in [0.2, 0.25) is 5.28 Å². The van der Waals surface area contributed by atoms with Crippen LogP contribution in [0.4, 0.5) is 5.82 Å². The molecule has 0 saturated carbocycles. The average Bonchev–Trinajstić information content (AvgIpc) is 3.55. The number of hydrogen-bond donors (Lipinski definition) is 2. The Morgan fingerprint density at radius 3 is 2.83 bits per heavy atom. The first kappa shape index (κ1) is 29.4. The van der Waals surface area contributed by atoms with Gasteiger partial charge in [-0.1, -0.05) is 50.2 Å². The maximum absolute atomic E-state index is 12.8. The Bertz CT molecular complexity index is 1500. The summed E-state index contributed by atoms with van der Waals surface area (Å²) in [5.74, 6) is 0.832. The molecule has 3 heterocycles. The normalized spacial score (nSPS) is 18.7. The van der Waals surface area contributed by atoms with Gasteiger partial charge in [-0.25, -0.2) is 20.0 Å². The van der Waals surface area contributed by atoms with E-state index in [1.54, 1.807) is 11.5 Å². The molecule has 13 heteroatoms. The lowest BCUT2D eigenvalue weighted by atomic mass is 10.1. The van der Waals surface area contributed by atoms with Crippen molar-refractivity contribution in [2.75, 3.05) is 18.9 Å². The Morgan fingerprint density at radius 1 is 1.22 bits per heavy atom. The van der Waals surface area contributed by atoms with Gasteiger partial charge in [-0.05, 0) is 55.2 Å². The van der Waals surface area contributed by atoms with Gasteiger partial charge >= 0.3 is 14.5 Å². The third kappa shape index (κ3) is 6.88. The summed E-state index contributed by atoms with van der Waals surface area (Å²) in [4.78, 5) is 25.4. The smallest absolute Gasteiger partial charge is 0.323 e. The lowest BCUT2D eigenvalue weighted by Gasteiger charge is -2.26. The number of halogens is 1. The third-order valence-corrected chi connectivity index (χ3v) is 8.22. The second-order valence-electron chi connectivity index (χ2n) is 10.2. The molecular formula is C28H34ClN6O5P. The minimum absolute atomic E-state index is 0.230. The Labute approximate surface area is 244 Å². The number of carbonyl (C=O) groups is 1. The predicted molar refractivity (Wildman–Crippen MR) is 158 cm³/mol. The molecular weight excluding hydrogens is 567 g/mol. The summed E-state index contributed by atoms with van der Waals surface area (Å²) in [7, 11) is -1.75. The number of nitrogens with zero attached hydrogens (tertiary/aromatic N) is 4. The van der Waals surface area contributed by atoms with E-state index in [-0.39, 0.29) is 48.5 Å². The van der Waals surface area contributed by atoms with Crippen molar-refractivity contribution in [2.45, 2.75) is 58.4 Å². The second kappa shape index (κ2) is 13.3. The van der Waals surface area contributed by atoms with Crippen molar-refractivity contribution in [3.8, 4) is 5.75 Å². The molecule has 5 rings (SSSR count). The molecule has 1 aliphatic rings. The minimum atomic E-state index is -1.75. The number of fused-ring (bicyclic) bond motifs is 2. The number of imidazole rings is 1. The molecule has 2 aromatic heterocycles. The van der Waals surface area contributed by atoms with Crippen LogP contribution in [-0.2, 0) is 18.8 Å². The van der Waals surface area contributed by atoms with E-state index in [4.69, 9.17) is 35.9 Å². The van der Waals surface area contributed by atoms with Crippen LogP contribution < -0.4 is 15.3 Å². The standard InChI is InChI=1S/C28H34ClN6O5P/c1-4-37-27(36)21(14-17(2)3)34-41(40-22-11-7-9-18-8-5-6-10-20(18)22)38-15-19-12-13-23(39-19)35-26-24(33-28(35)29)25(30)31-16-32-26/h5-11,16-17,19,21,23,34H,4,12-15H2,1-3H3,(H2,30,31,32). The highest BCUT2D eigenvalue weighted by atomic mass is 35.5. The molecule has 0 bridgehead atoms. The van der Waals surface area contributed by atoms with Crippen LogP contribution in [0.15, 0.2) is 48.8 Å². The lowest BCUT2D eigenvalue weighted by molar-refractivity contribution is -0.145. The summed E-state index contributed by atoms with van der Waals surface area (Å²) in [5.41, 5.74) is 6.91. The Balaban J connectivity index is 1.33. The Kier molecular flexibility index (Phi) is 9.52. The number of nitrogens with one attached hydrogen (secondary N) is 1. The number of aromatic nitrogens is 4. The molecule has 0 spiro atoms. The maximum atomic E-state index is 12.8. The fraction of sp³-hybridized carbons (Fsp3) is 0.429. The molecule has 0 aliphatic carbocycles. The van der Waals surface area contributed by atoms with Gasteiger partial charge in [0.25, 0.3) is 0 Å². The number of rotatable bonds is 12. The summed E-state index contributed by atoms with van der Waals surface area (Å²) >= 11 is 6.43. The zero-order valence-corrected chi connectivity index (χ0v) is 24.8. The molecule has 4 aromatic rings. The molecule has 4 atom stereocenters. The molecule has 1 aliphatic heterocycles. The molecule has 2 aromatic carbocycles. The Morgan fingerprint density at radius 2 is 2.02 bits per heavy atom. The molecule has 1 fully saturated rings. The predicted octanol–water partition coefficient (Wildman–Crippen LogP) is 5.78. The van der Waals surface area contributed by atoms with Crippen LogP contribution >= 0.6 is 20.1 Å². The van der Waals surface area contributed by atoms with E-state index in [0.717, 1.165) is 10.8 Å². The summed E-state index contributed by atoms with van der Waals surface area (Å²) in [6.07, 6.45) is 2.70. The zero-order chi connectivity index (χ0) is 28.9. The van der Waals surface area contributed by atoms with Crippen molar-refractivity contribution in [3.05, 3.63) is 54.1 Å². The average molecular weight is 601 g/mol. The first-order chi connectivity index (χ1) is 19.8. The first-order valence-corrected chi connectivity index (χ1v) is 15.2. The van der Waals surface area contributed by atoms with E-state index in [1.807, 2.05) is 42.5 Å². The fourth-order valence-electron chi connectivity index (χ4n) is 4.80. The van der Waals surface area contributed by atoms with Crippen LogP contribution in [0.1, 0.15) is 46.3 Å². The van der Waals surface area contributed by atoms with Gasteiger partial charge in [0, 0.05) is 5.39 Å². The van der Waals surface area contributed by atoms with Crippen LogP contribution in [0.3, 0.4) is 0 Å². The highest BCUT2D eigenvalue weighted by molar-refractivity contribution is 7.45. The highest BCUT2D eigenvalue weighted by Gasteiger charge is 2.33. The maximum Gasteiger partial charge on any atom is 0.323 e. The molecule has 4 unspecified atom stereocenters. The SMILES string of the molecule is CCOC(=O)C(CC(C)C)NP(OCC1CCC(n2c(Cl)nc3c(N)ncnc32)O1)Oc1cccc2ccccc12. The summed E-state index contributed by atoms with van der Waals surface area (Å²) < 4.78 is 26.1. The van der Waals surface area contributed by atoms with Crippen molar-refractivity contribution >= 4 is 53.9 Å². The quantitative estimate of drug-likeness (QED) is 0.117. The van der Waals surface area contributed by atoms with E-state index >= 15 is 0 Å². The van der Waals surface area contributed by atoms with Crippen LogP contribution in [-0.4, -0.2) is 50.8 Å². The summed E-state index contributed by atoms with van der Waals surface area (Å²) in [6, 6.07) is 13.2. The van der Waals surface area contributed by atoms with Crippen LogP contribution in [0.25, 0.3) is 21.9 Å². The second-order valence-corrected chi connectivity index (χ2v) is 11.7. The van der Waals surface area contributed by atoms with E-state index < -0.39 is 14.6 Å². The van der Waals surface area contributed by atoms with Crippen molar-refractivity contribution in [3.63, 3.8) is 0 Å². The van der Waals surface area contributed by atoms with Crippen molar-refractivity contribution in [2.24, 2.45) is 5.92 Å². The first-order valence-electron chi connectivity index (χ1n) is 13.6. The van der Waals surface area contributed by atoms with Gasteiger partial charge in [-0.15, -0.1) is 0 Å². The van der Waals surface area contributed by atoms with Crippen molar-refractivity contribution in [1.82, 2.24) is 24.6 Å². The summed E-state index contributed by atoms with van der Waals surface area (Å²) in [6.45, 7) is 6.42. The molecule has 1 saturated heterocycles. The molecule has 0 radical (unpaired) electrons. The number of hydrogen-bond acceptors (Lipinski definition) is 10. The van der Waals surface area contributed by atoms with Crippen LogP contribution in [0.5, 0.6) is 5.75 Å². The van der Waals surface area contributed by atoms with Crippen LogP contribution in [0, 0.1) is 5.92 Å². The number of ether oxygens (including phenoxy) is 2. The largest absolute Gasteiger partial charge is 0.465 e. The van der Waals surface area contributed by atoms with Gasteiger partial charge in [0.15, 0.2) is 17.0 Å². The zero-order valence-electron chi connectivity index (χ0n) is 23.2. The lowest BCUT2D eigenvalue weighted by Crippen LogP contribution is -2.37. The van der Waals surface area contributed by atoms with E-state index in [9.17, 15) is 4.79 Å². The monoisotopic (exact) mass is 600 g/mol. The van der Waals surface area contributed by atoms with Gasteiger partial charge in [-0.3, -0.25) is 9.36 Å². The number of nitrogen functional groups attached to an aromatic ring is 1. The third-order valence-electron chi connectivity index (χ3n) is 6.68. The fourth-order valence-corrected chi connectivity index (χ4v) is 6.36. The topological polar surface area (TPSA) is 136 Å². The van der Waals surface area contributed by atoms with E-state index in [0.29, 0.717) is 36.2 Å². The summed E-state index contributed by atoms with van der Waals surface area (Å²) in [5, 5.41) is 5.53. The molecule has 3 N–H and O–H groups in total. The van der Waals surface area contributed by atoms with Crippen LogP contribution in [0.2, 0.25) is 5.28 Å². The van der Waals surface area contributed by atoms with Gasteiger partial charge in [0.1, 0.15) is 24.3 Å². The van der Waals surface area contributed by atoms with Gasteiger partial charge < -0.3 is 24.3 Å². The molecule has 41 heavy (non-hydrogen) atoms. The molecule has 218 valence electrons. The van der Waals surface area contributed by atoms with E-state index in [1.165, 1.54) is 6.33 Å². The number of esters is 1. The highest BCUT2D eigenvalue weighted by Crippen LogP contribution is 2.42. The number of carbonyl (C=O) groups excluding carboxylic acids is 1. The Hall–Kier alpha value is -3.08. The molecule has 11 nitrogen and oxygen atoms in total. The number of benzene rings is 2. The van der Waals surface area contributed by atoms with Gasteiger partial charge in [0.05, 0.1) is 19.3 Å².